The van der Waals surface area contributed by atoms with Crippen LogP contribution >= 0.6 is 0 Å². The Bertz CT molecular complexity index is 460. The maximum atomic E-state index is 12.5. The first kappa shape index (κ1) is 16.0. The van der Waals surface area contributed by atoms with Crippen molar-refractivity contribution in [3.8, 4) is 5.75 Å². The first-order valence-electron chi connectivity index (χ1n) is 6.81. The topological polar surface area (TPSA) is 57.6 Å². The first-order chi connectivity index (χ1) is 9.02. The highest BCUT2D eigenvalue weighted by Crippen LogP contribution is 2.19. The third-order valence-corrected chi connectivity index (χ3v) is 4.91. The predicted molar refractivity (Wildman–Crippen MR) is 76.7 cm³/mol. The minimum Gasteiger partial charge on any atom is -0.508 e. The summed E-state index contributed by atoms with van der Waals surface area (Å²) < 4.78 is 26.5. The second-order valence-corrected chi connectivity index (χ2v) is 6.54. The summed E-state index contributed by atoms with van der Waals surface area (Å²) in [5.74, 6) is 0.0765. The fourth-order valence-electron chi connectivity index (χ4n) is 1.79. The Kier molecular flexibility index (Phi) is 6.31. The maximum Gasteiger partial charge on any atom is 0.243 e. The quantitative estimate of drug-likeness (QED) is 0.799. The molecule has 1 N–H and O–H groups in total. The molecule has 0 aliphatic carbocycles. The van der Waals surface area contributed by atoms with Gasteiger partial charge < -0.3 is 5.11 Å². The van der Waals surface area contributed by atoms with Gasteiger partial charge in [0.2, 0.25) is 10.0 Å². The highest BCUT2D eigenvalue weighted by atomic mass is 32.2. The van der Waals surface area contributed by atoms with E-state index in [1.165, 1.54) is 24.3 Å². The van der Waals surface area contributed by atoms with Gasteiger partial charge in [-0.05, 0) is 37.1 Å². The minimum atomic E-state index is -3.44. The Morgan fingerprint density at radius 3 is 1.89 bits per heavy atom. The van der Waals surface area contributed by atoms with Crippen LogP contribution in [-0.2, 0) is 10.0 Å². The molecule has 1 aromatic carbocycles. The van der Waals surface area contributed by atoms with E-state index >= 15 is 0 Å². The Morgan fingerprint density at radius 2 is 1.47 bits per heavy atom. The van der Waals surface area contributed by atoms with Gasteiger partial charge in [0.05, 0.1) is 4.90 Å². The third kappa shape index (κ3) is 4.51. The predicted octanol–water partition coefficient (Wildman–Crippen LogP) is 2.98. The number of hydrogen-bond acceptors (Lipinski definition) is 3. The lowest BCUT2D eigenvalue weighted by Gasteiger charge is -2.21. The van der Waals surface area contributed by atoms with Crippen LogP contribution in [0.3, 0.4) is 0 Å². The maximum absolute atomic E-state index is 12.5. The molecular weight excluding hydrogens is 262 g/mol. The monoisotopic (exact) mass is 285 g/mol. The fraction of sp³-hybridized carbons (Fsp3) is 0.571. The van der Waals surface area contributed by atoms with E-state index in [1.54, 1.807) is 4.31 Å². The summed E-state index contributed by atoms with van der Waals surface area (Å²) in [6, 6.07) is 5.72. The van der Waals surface area contributed by atoms with Crippen molar-refractivity contribution in [2.24, 2.45) is 0 Å². The summed E-state index contributed by atoms with van der Waals surface area (Å²) in [7, 11) is -3.44. The number of hydrogen-bond donors (Lipinski definition) is 1. The number of unbranched alkanes of at least 4 members (excludes halogenated alkanes) is 2. The molecule has 4 nitrogen and oxygen atoms in total. The van der Waals surface area contributed by atoms with Gasteiger partial charge in [0.15, 0.2) is 0 Å². The van der Waals surface area contributed by atoms with Crippen LogP contribution in [0.2, 0.25) is 0 Å². The van der Waals surface area contributed by atoms with Gasteiger partial charge in [0.1, 0.15) is 5.75 Å². The molecule has 0 aliphatic heterocycles. The molecule has 0 radical (unpaired) electrons. The van der Waals surface area contributed by atoms with E-state index in [4.69, 9.17) is 0 Å². The van der Waals surface area contributed by atoms with Crippen LogP contribution in [-0.4, -0.2) is 30.9 Å². The van der Waals surface area contributed by atoms with Gasteiger partial charge >= 0.3 is 0 Å². The molecule has 0 aromatic heterocycles. The highest BCUT2D eigenvalue weighted by Gasteiger charge is 2.23. The smallest absolute Gasteiger partial charge is 0.243 e. The van der Waals surface area contributed by atoms with Crippen molar-refractivity contribution in [2.75, 3.05) is 13.1 Å². The Balaban J connectivity index is 2.93. The lowest BCUT2D eigenvalue weighted by atomic mass is 10.3. The molecule has 108 valence electrons. The van der Waals surface area contributed by atoms with Crippen LogP contribution in [0.1, 0.15) is 39.5 Å². The molecule has 0 amide bonds. The van der Waals surface area contributed by atoms with E-state index in [-0.39, 0.29) is 10.6 Å². The zero-order chi connectivity index (χ0) is 14.3. The summed E-state index contributed by atoms with van der Waals surface area (Å²) in [5.41, 5.74) is 0. The van der Waals surface area contributed by atoms with Gasteiger partial charge in [-0.1, -0.05) is 26.7 Å². The SMILES string of the molecule is CCCCN(CCCC)S(=O)(=O)c1ccc(O)cc1. The molecular formula is C14H23NO3S. The molecule has 0 saturated heterocycles. The second kappa shape index (κ2) is 7.50. The summed E-state index contributed by atoms with van der Waals surface area (Å²) in [4.78, 5) is 0.248. The molecule has 0 unspecified atom stereocenters. The van der Waals surface area contributed by atoms with Gasteiger partial charge in [-0.15, -0.1) is 0 Å². The van der Waals surface area contributed by atoms with E-state index in [1.807, 2.05) is 13.8 Å². The van der Waals surface area contributed by atoms with Crippen LogP contribution in [0.25, 0.3) is 0 Å². The number of sulfonamides is 1. The van der Waals surface area contributed by atoms with Crippen molar-refractivity contribution in [3.63, 3.8) is 0 Å². The summed E-state index contributed by atoms with van der Waals surface area (Å²) in [5, 5.41) is 9.24. The van der Waals surface area contributed by atoms with Gasteiger partial charge in [-0.2, -0.15) is 4.31 Å². The standard InChI is InChI=1S/C14H23NO3S/c1-3-5-11-15(12-6-4-2)19(17,18)14-9-7-13(16)8-10-14/h7-10,16H,3-6,11-12H2,1-2H3. The molecule has 0 bridgehead atoms. The third-order valence-electron chi connectivity index (χ3n) is 3.00. The molecule has 19 heavy (non-hydrogen) atoms. The number of benzene rings is 1. The van der Waals surface area contributed by atoms with Crippen LogP contribution in [0.4, 0.5) is 0 Å². The van der Waals surface area contributed by atoms with E-state index in [9.17, 15) is 13.5 Å². The van der Waals surface area contributed by atoms with Crippen molar-refractivity contribution in [2.45, 2.75) is 44.4 Å². The van der Waals surface area contributed by atoms with Gasteiger partial charge in [0.25, 0.3) is 0 Å². The highest BCUT2D eigenvalue weighted by molar-refractivity contribution is 7.89. The summed E-state index contributed by atoms with van der Waals surface area (Å²) in [6.07, 6.45) is 3.66. The van der Waals surface area contributed by atoms with Gasteiger partial charge in [-0.3, -0.25) is 0 Å². The van der Waals surface area contributed by atoms with E-state index in [0.717, 1.165) is 25.7 Å². The molecule has 0 heterocycles. The summed E-state index contributed by atoms with van der Waals surface area (Å²) >= 11 is 0. The fourth-order valence-corrected chi connectivity index (χ4v) is 3.31. The molecule has 0 aliphatic rings. The van der Waals surface area contributed by atoms with Crippen molar-refractivity contribution in [1.82, 2.24) is 4.31 Å². The Hall–Kier alpha value is -1.07. The van der Waals surface area contributed by atoms with Crippen molar-refractivity contribution >= 4 is 10.0 Å². The number of phenolic OH excluding ortho intramolecular Hbond substituents is 1. The minimum absolute atomic E-state index is 0.0765. The van der Waals surface area contributed by atoms with Crippen molar-refractivity contribution in [1.29, 1.82) is 0 Å². The Morgan fingerprint density at radius 1 is 1.00 bits per heavy atom. The van der Waals surface area contributed by atoms with Gasteiger partial charge in [0, 0.05) is 13.1 Å². The average Bonchev–Trinajstić information content (AvgIpc) is 2.39. The molecule has 0 atom stereocenters. The molecule has 1 aromatic rings. The average molecular weight is 285 g/mol. The number of rotatable bonds is 8. The van der Waals surface area contributed by atoms with Crippen molar-refractivity contribution in [3.05, 3.63) is 24.3 Å². The van der Waals surface area contributed by atoms with E-state index in [2.05, 4.69) is 0 Å². The van der Waals surface area contributed by atoms with Crippen molar-refractivity contribution < 1.29 is 13.5 Å². The second-order valence-electron chi connectivity index (χ2n) is 4.61. The lowest BCUT2D eigenvalue weighted by molar-refractivity contribution is 0.395. The van der Waals surface area contributed by atoms with Crippen LogP contribution in [0, 0.1) is 0 Å². The van der Waals surface area contributed by atoms with Crippen LogP contribution < -0.4 is 0 Å². The number of nitrogens with zero attached hydrogens (tertiary/aromatic N) is 1. The van der Waals surface area contributed by atoms with E-state index < -0.39 is 10.0 Å². The zero-order valence-corrected chi connectivity index (χ0v) is 12.5. The molecule has 1 rings (SSSR count). The molecule has 5 heteroatoms. The number of phenols is 1. The van der Waals surface area contributed by atoms with E-state index in [0.29, 0.717) is 13.1 Å². The van der Waals surface area contributed by atoms with Crippen LogP contribution in [0.5, 0.6) is 5.75 Å². The summed E-state index contributed by atoms with van der Waals surface area (Å²) in [6.45, 7) is 5.20. The number of aromatic hydroxyl groups is 1. The molecule has 0 spiro atoms. The van der Waals surface area contributed by atoms with Crippen LogP contribution in [0.15, 0.2) is 29.2 Å². The first-order valence-corrected chi connectivity index (χ1v) is 8.25. The molecule has 0 saturated carbocycles. The Labute approximate surface area is 116 Å². The normalized spacial score (nSPS) is 11.9. The molecule has 0 fully saturated rings. The zero-order valence-electron chi connectivity index (χ0n) is 11.7. The largest absolute Gasteiger partial charge is 0.508 e. The van der Waals surface area contributed by atoms with Gasteiger partial charge in [-0.25, -0.2) is 8.42 Å². The lowest BCUT2D eigenvalue weighted by Crippen LogP contribution is -2.33.